The summed E-state index contributed by atoms with van der Waals surface area (Å²) in [7, 11) is -3.09. The molecule has 1 aliphatic heterocycles. The Balaban J connectivity index is 1.88. The molecule has 7 heteroatoms. The van der Waals surface area contributed by atoms with E-state index in [4.69, 9.17) is 5.73 Å². The second-order valence-corrected chi connectivity index (χ2v) is 7.64. The highest BCUT2D eigenvalue weighted by Gasteiger charge is 2.25. The van der Waals surface area contributed by atoms with E-state index < -0.39 is 15.9 Å². The van der Waals surface area contributed by atoms with Crippen LogP contribution in [-0.2, 0) is 16.6 Å². The van der Waals surface area contributed by atoms with Crippen LogP contribution < -0.4 is 5.73 Å². The number of primary amides is 1. The molecule has 1 saturated heterocycles. The molecule has 1 aromatic carbocycles. The number of piperazine rings is 1. The van der Waals surface area contributed by atoms with Crippen LogP contribution in [-0.4, -0.2) is 55.5 Å². The van der Waals surface area contributed by atoms with Crippen molar-refractivity contribution in [2.45, 2.75) is 19.9 Å². The maximum absolute atomic E-state index is 12.0. The number of carbonyl (C=O) groups is 1. The van der Waals surface area contributed by atoms with Gasteiger partial charge in [0.25, 0.3) is 0 Å². The Morgan fingerprint density at radius 2 is 1.73 bits per heavy atom. The summed E-state index contributed by atoms with van der Waals surface area (Å²) in [5.41, 5.74) is 6.81. The number of hydrogen-bond donors (Lipinski definition) is 1. The van der Waals surface area contributed by atoms with Crippen LogP contribution in [0.15, 0.2) is 24.3 Å². The van der Waals surface area contributed by atoms with Crippen LogP contribution in [0.2, 0.25) is 0 Å². The van der Waals surface area contributed by atoms with Gasteiger partial charge in [0, 0.05) is 38.3 Å². The monoisotopic (exact) mass is 325 g/mol. The molecule has 0 radical (unpaired) electrons. The lowest BCUT2D eigenvalue weighted by atomic mass is 10.1. The number of hydrogen-bond acceptors (Lipinski definition) is 4. The molecule has 0 aromatic heterocycles. The third kappa shape index (κ3) is 4.28. The van der Waals surface area contributed by atoms with Crippen LogP contribution in [0.1, 0.15) is 29.3 Å². The van der Waals surface area contributed by atoms with Gasteiger partial charge >= 0.3 is 0 Å². The van der Waals surface area contributed by atoms with E-state index in [9.17, 15) is 13.2 Å². The van der Waals surface area contributed by atoms with E-state index in [1.165, 1.54) is 0 Å². The molecule has 1 aliphatic rings. The molecule has 22 heavy (non-hydrogen) atoms. The highest BCUT2D eigenvalue weighted by Crippen LogP contribution is 2.13. The molecule has 122 valence electrons. The minimum absolute atomic E-state index is 0.224. The van der Waals surface area contributed by atoms with Gasteiger partial charge in [-0.25, -0.2) is 8.42 Å². The lowest BCUT2D eigenvalue weighted by Gasteiger charge is -2.34. The van der Waals surface area contributed by atoms with E-state index in [2.05, 4.69) is 4.90 Å². The number of amides is 1. The van der Waals surface area contributed by atoms with Gasteiger partial charge in [-0.15, -0.1) is 0 Å². The maximum atomic E-state index is 12.0. The van der Waals surface area contributed by atoms with Gasteiger partial charge in [0.05, 0.1) is 5.75 Å². The van der Waals surface area contributed by atoms with Gasteiger partial charge in [0.1, 0.15) is 0 Å². The first-order chi connectivity index (χ1) is 10.4. The summed E-state index contributed by atoms with van der Waals surface area (Å²) >= 11 is 0. The molecule has 2 rings (SSSR count). The molecule has 1 fully saturated rings. The largest absolute Gasteiger partial charge is 0.366 e. The third-order valence-corrected chi connectivity index (χ3v) is 5.91. The second kappa shape index (κ2) is 7.21. The van der Waals surface area contributed by atoms with Gasteiger partial charge in [-0.2, -0.15) is 4.31 Å². The van der Waals surface area contributed by atoms with E-state index >= 15 is 0 Å². The minimum atomic E-state index is -3.09. The van der Waals surface area contributed by atoms with Crippen molar-refractivity contribution in [1.29, 1.82) is 0 Å². The predicted molar refractivity (Wildman–Crippen MR) is 85.9 cm³/mol. The van der Waals surface area contributed by atoms with Gasteiger partial charge < -0.3 is 5.73 Å². The van der Waals surface area contributed by atoms with E-state index in [0.717, 1.165) is 25.2 Å². The van der Waals surface area contributed by atoms with Crippen molar-refractivity contribution in [2.75, 3.05) is 31.9 Å². The molecule has 1 amide bonds. The number of rotatable bonds is 6. The first-order valence-electron chi connectivity index (χ1n) is 7.51. The quantitative estimate of drug-likeness (QED) is 0.832. The fraction of sp³-hybridized carbons (Fsp3) is 0.533. The number of nitrogens with zero attached hydrogens (tertiary/aromatic N) is 2. The Kier molecular flexibility index (Phi) is 5.55. The molecule has 6 nitrogen and oxygen atoms in total. The zero-order valence-electron chi connectivity index (χ0n) is 12.9. The van der Waals surface area contributed by atoms with E-state index in [1.807, 2.05) is 19.1 Å². The molecule has 0 bridgehead atoms. The van der Waals surface area contributed by atoms with Gasteiger partial charge in [0.2, 0.25) is 15.9 Å². The molecule has 0 unspecified atom stereocenters. The molecule has 0 spiro atoms. The Hall–Kier alpha value is -1.44. The van der Waals surface area contributed by atoms with Gasteiger partial charge in [-0.1, -0.05) is 19.1 Å². The highest BCUT2D eigenvalue weighted by atomic mass is 32.2. The molecule has 0 saturated carbocycles. The summed E-state index contributed by atoms with van der Waals surface area (Å²) in [4.78, 5) is 13.3. The lowest BCUT2D eigenvalue weighted by Crippen LogP contribution is -2.48. The first kappa shape index (κ1) is 16.9. The summed E-state index contributed by atoms with van der Waals surface area (Å²) in [6, 6.07) is 7.22. The van der Waals surface area contributed by atoms with Gasteiger partial charge in [-0.3, -0.25) is 9.69 Å². The number of nitrogens with two attached hydrogens (primary N) is 1. The van der Waals surface area contributed by atoms with Crippen LogP contribution in [0.4, 0.5) is 0 Å². The van der Waals surface area contributed by atoms with E-state index in [0.29, 0.717) is 25.1 Å². The molecule has 1 aromatic rings. The van der Waals surface area contributed by atoms with Gasteiger partial charge in [-0.05, 0) is 24.1 Å². The SMILES string of the molecule is CCCS(=O)(=O)N1CCN(Cc2ccc(C(N)=O)cc2)CC1. The lowest BCUT2D eigenvalue weighted by molar-refractivity contribution is 0.1000. The molecular weight excluding hydrogens is 302 g/mol. The van der Waals surface area contributed by atoms with Crippen molar-refractivity contribution in [3.05, 3.63) is 35.4 Å². The average Bonchev–Trinajstić information content (AvgIpc) is 2.48. The van der Waals surface area contributed by atoms with Crippen molar-refractivity contribution in [1.82, 2.24) is 9.21 Å². The fourth-order valence-electron chi connectivity index (χ4n) is 2.59. The zero-order chi connectivity index (χ0) is 16.2. The normalized spacial score (nSPS) is 17.5. The number of benzene rings is 1. The Labute approximate surface area is 131 Å². The van der Waals surface area contributed by atoms with Crippen molar-refractivity contribution in [2.24, 2.45) is 5.73 Å². The highest BCUT2D eigenvalue weighted by molar-refractivity contribution is 7.89. The summed E-state index contributed by atoms with van der Waals surface area (Å²) in [5.74, 6) is -0.206. The van der Waals surface area contributed by atoms with Crippen molar-refractivity contribution in [3.63, 3.8) is 0 Å². The van der Waals surface area contributed by atoms with Gasteiger partial charge in [0.15, 0.2) is 0 Å². The maximum Gasteiger partial charge on any atom is 0.248 e. The molecule has 2 N–H and O–H groups in total. The summed E-state index contributed by atoms with van der Waals surface area (Å²) in [6.07, 6.45) is 0.648. The number of sulfonamides is 1. The predicted octanol–water partition coefficient (Wildman–Crippen LogP) is 0.643. The third-order valence-electron chi connectivity index (χ3n) is 3.83. The van der Waals surface area contributed by atoms with Crippen molar-refractivity contribution >= 4 is 15.9 Å². The van der Waals surface area contributed by atoms with E-state index in [1.54, 1.807) is 16.4 Å². The second-order valence-electron chi connectivity index (χ2n) is 5.55. The molecule has 1 heterocycles. The molecule has 0 aliphatic carbocycles. The first-order valence-corrected chi connectivity index (χ1v) is 9.12. The molecule has 0 atom stereocenters. The smallest absolute Gasteiger partial charge is 0.248 e. The Morgan fingerprint density at radius 1 is 1.14 bits per heavy atom. The minimum Gasteiger partial charge on any atom is -0.366 e. The Bertz CT molecular complexity index is 605. The summed E-state index contributed by atoms with van der Waals surface area (Å²) in [5, 5.41) is 0. The fourth-order valence-corrected chi connectivity index (χ4v) is 4.08. The van der Waals surface area contributed by atoms with E-state index in [-0.39, 0.29) is 5.75 Å². The Morgan fingerprint density at radius 3 is 2.23 bits per heavy atom. The van der Waals surface area contributed by atoms with Crippen molar-refractivity contribution < 1.29 is 13.2 Å². The summed E-state index contributed by atoms with van der Waals surface area (Å²) in [6.45, 7) is 5.16. The standard InChI is InChI=1S/C15H23N3O3S/c1-2-11-22(20,21)18-9-7-17(8-10-18)12-13-3-5-14(6-4-13)15(16)19/h3-6H,2,7-12H2,1H3,(H2,16,19). The zero-order valence-corrected chi connectivity index (χ0v) is 13.7. The van der Waals surface area contributed by atoms with Crippen LogP contribution in [0.5, 0.6) is 0 Å². The van der Waals surface area contributed by atoms with Crippen LogP contribution in [0.25, 0.3) is 0 Å². The average molecular weight is 325 g/mol. The number of carbonyl (C=O) groups excluding carboxylic acids is 1. The molecular formula is C15H23N3O3S. The summed E-state index contributed by atoms with van der Waals surface area (Å²) < 4.78 is 25.6. The topological polar surface area (TPSA) is 83.7 Å². The van der Waals surface area contributed by atoms with Crippen LogP contribution >= 0.6 is 0 Å². The van der Waals surface area contributed by atoms with Crippen molar-refractivity contribution in [3.8, 4) is 0 Å². The van der Waals surface area contributed by atoms with Crippen LogP contribution in [0.3, 0.4) is 0 Å². The van der Waals surface area contributed by atoms with Crippen LogP contribution in [0, 0.1) is 0 Å².